The quantitative estimate of drug-likeness (QED) is 0.505. The van der Waals surface area contributed by atoms with E-state index < -0.39 is 0 Å². The van der Waals surface area contributed by atoms with E-state index in [9.17, 15) is 5.11 Å². The highest BCUT2D eigenvalue weighted by Crippen LogP contribution is 2.35. The molecule has 0 spiro atoms. The van der Waals surface area contributed by atoms with Crippen molar-refractivity contribution in [2.45, 2.75) is 86.0 Å². The topological polar surface area (TPSA) is 29.0 Å². The molecule has 3 nitrogen and oxygen atoms in total. The van der Waals surface area contributed by atoms with Crippen LogP contribution in [0, 0.1) is 6.92 Å². The summed E-state index contributed by atoms with van der Waals surface area (Å²) in [5.74, 6) is 1.81. The van der Waals surface area contributed by atoms with Crippen molar-refractivity contribution in [3.05, 3.63) is 70.7 Å². The van der Waals surface area contributed by atoms with Gasteiger partial charge in [0.05, 0.1) is 0 Å². The molecule has 174 valence electrons. The minimum Gasteiger partial charge on any atom is -1.00 e. The summed E-state index contributed by atoms with van der Waals surface area (Å²) in [4.78, 5) is 0. The van der Waals surface area contributed by atoms with E-state index in [1.54, 1.807) is 0 Å². The number of imidazole rings is 1. The van der Waals surface area contributed by atoms with Crippen molar-refractivity contribution in [1.82, 2.24) is 4.57 Å². The van der Waals surface area contributed by atoms with E-state index >= 15 is 0 Å². The number of para-hydroxylation sites is 2. The van der Waals surface area contributed by atoms with Gasteiger partial charge in [0.1, 0.15) is 11.4 Å². The van der Waals surface area contributed by atoms with E-state index in [1.807, 2.05) is 11.5 Å². The van der Waals surface area contributed by atoms with Gasteiger partial charge in [-0.05, 0) is 23.7 Å². The smallest absolute Gasteiger partial charge is 0.330 e. The molecule has 0 fully saturated rings. The maximum Gasteiger partial charge on any atom is 0.330 e. The van der Waals surface area contributed by atoms with Crippen LogP contribution in [0.4, 0.5) is 0 Å². The van der Waals surface area contributed by atoms with Gasteiger partial charge in [-0.25, -0.2) is 0 Å². The molecule has 0 atom stereocenters. The molecule has 0 bridgehead atoms. The van der Waals surface area contributed by atoms with Gasteiger partial charge < -0.3 is 22.1 Å². The largest absolute Gasteiger partial charge is 1.00 e. The predicted octanol–water partition coefficient (Wildman–Crippen LogP) is 4.27. The second-order valence-electron chi connectivity index (χ2n) is 9.95. The fraction of sp³-hybridized carbons (Fsp3) is 0.464. The maximum absolute atomic E-state index is 11.3. The van der Waals surface area contributed by atoms with Gasteiger partial charge in [-0.15, -0.1) is 0 Å². The van der Waals surface area contributed by atoms with E-state index in [0.717, 1.165) is 11.4 Å². The second kappa shape index (κ2) is 10.2. The van der Waals surface area contributed by atoms with Gasteiger partial charge in [0.15, 0.2) is 5.69 Å². The number of hydrogen-bond donors (Lipinski definition) is 1. The molecule has 32 heavy (non-hydrogen) atoms. The molecule has 2 aromatic carbocycles. The Morgan fingerprint density at radius 1 is 0.688 bits per heavy atom. The van der Waals surface area contributed by atoms with E-state index in [4.69, 9.17) is 0 Å². The summed E-state index contributed by atoms with van der Waals surface area (Å²) in [5.41, 5.74) is 8.29. The summed E-state index contributed by atoms with van der Waals surface area (Å²) in [5, 5.41) is 11.3. The highest BCUT2D eigenvalue weighted by atomic mass is 79.9. The first kappa shape index (κ1) is 26.2. The van der Waals surface area contributed by atoms with Crippen LogP contribution < -0.4 is 21.5 Å². The molecule has 3 rings (SSSR count). The zero-order valence-electron chi connectivity index (χ0n) is 21.1. The van der Waals surface area contributed by atoms with Crippen molar-refractivity contribution < 1.29 is 26.7 Å². The summed E-state index contributed by atoms with van der Waals surface area (Å²) >= 11 is 0. The molecule has 0 aliphatic carbocycles. The Hall–Kier alpha value is -2.07. The molecular formula is C28H39BrN2O. The fourth-order valence-electron chi connectivity index (χ4n) is 4.51. The molecule has 0 unspecified atom stereocenters. The van der Waals surface area contributed by atoms with Crippen molar-refractivity contribution in [1.29, 1.82) is 0 Å². The molecule has 4 heteroatoms. The Labute approximate surface area is 204 Å². The molecule has 0 saturated carbocycles. The number of rotatable bonds is 6. The maximum atomic E-state index is 11.3. The molecule has 1 aromatic heterocycles. The molecule has 1 heterocycles. The lowest BCUT2D eigenvalue weighted by atomic mass is 9.92. The van der Waals surface area contributed by atoms with Crippen LogP contribution in [0.2, 0.25) is 0 Å². The Balaban J connectivity index is 0.00000363. The average molecular weight is 500 g/mol. The van der Waals surface area contributed by atoms with Gasteiger partial charge in [-0.2, -0.15) is 9.13 Å². The molecular weight excluding hydrogens is 460 g/mol. The number of nitrogens with zero attached hydrogens (tertiary/aromatic N) is 2. The van der Waals surface area contributed by atoms with Crippen LogP contribution in [-0.2, 0) is 0 Å². The molecule has 1 N–H and O–H groups in total. The summed E-state index contributed by atoms with van der Waals surface area (Å²) in [7, 11) is 0. The summed E-state index contributed by atoms with van der Waals surface area (Å²) in [6.45, 7) is 19.8. The summed E-state index contributed by atoms with van der Waals surface area (Å²) < 4.78 is 4.20. The Morgan fingerprint density at radius 3 is 1.44 bits per heavy atom. The number of benzene rings is 2. The van der Waals surface area contributed by atoms with Crippen molar-refractivity contribution in [2.75, 3.05) is 0 Å². The van der Waals surface area contributed by atoms with Crippen LogP contribution in [0.25, 0.3) is 11.4 Å². The number of hydrogen-bond acceptors (Lipinski definition) is 1. The second-order valence-corrected chi connectivity index (χ2v) is 9.95. The minimum absolute atomic E-state index is 0. The molecule has 0 radical (unpaired) electrons. The van der Waals surface area contributed by atoms with E-state index in [1.165, 1.54) is 27.9 Å². The first-order valence-corrected chi connectivity index (χ1v) is 11.6. The lowest BCUT2D eigenvalue weighted by Gasteiger charge is -2.17. The van der Waals surface area contributed by atoms with E-state index in [-0.39, 0.29) is 17.0 Å². The van der Waals surface area contributed by atoms with Crippen LogP contribution >= 0.6 is 0 Å². The molecule has 3 aromatic rings. The van der Waals surface area contributed by atoms with Gasteiger partial charge in [-0.3, -0.25) is 0 Å². The van der Waals surface area contributed by atoms with Crippen molar-refractivity contribution >= 4 is 0 Å². The summed E-state index contributed by atoms with van der Waals surface area (Å²) in [6, 6.07) is 13.1. The standard InChI is InChI=1S/C28H38N2O.BrH/c1-17(2)22-12-10-13-23(18(3)4)26(22)29-16-30(28(31)21(29)9)27-24(19(5)6)14-11-15-25(27)20(7)8;/h10-20H,1-9H3;1H. The third-order valence-corrected chi connectivity index (χ3v) is 6.31. The molecule has 0 aliphatic heterocycles. The zero-order chi connectivity index (χ0) is 23.0. The highest BCUT2D eigenvalue weighted by molar-refractivity contribution is 5.53. The molecule has 0 amide bonds. The molecule has 0 saturated heterocycles. The van der Waals surface area contributed by atoms with Crippen molar-refractivity contribution in [2.24, 2.45) is 0 Å². The van der Waals surface area contributed by atoms with Gasteiger partial charge in [0.25, 0.3) is 6.33 Å². The van der Waals surface area contributed by atoms with Crippen LogP contribution in [0.5, 0.6) is 5.88 Å². The minimum atomic E-state index is 0. The summed E-state index contributed by atoms with van der Waals surface area (Å²) in [6.07, 6.45) is 2.09. The first-order valence-electron chi connectivity index (χ1n) is 11.6. The third-order valence-electron chi connectivity index (χ3n) is 6.31. The number of aromatic nitrogens is 2. The van der Waals surface area contributed by atoms with Gasteiger partial charge >= 0.3 is 5.88 Å². The van der Waals surface area contributed by atoms with Crippen LogP contribution in [0.15, 0.2) is 42.7 Å². The predicted molar refractivity (Wildman–Crippen MR) is 130 cm³/mol. The fourth-order valence-corrected chi connectivity index (χ4v) is 4.51. The monoisotopic (exact) mass is 498 g/mol. The Bertz CT molecular complexity index is 941. The van der Waals surface area contributed by atoms with Crippen LogP contribution in [0.3, 0.4) is 0 Å². The lowest BCUT2D eigenvalue weighted by Crippen LogP contribution is -3.00. The van der Waals surface area contributed by atoms with Crippen LogP contribution in [-0.4, -0.2) is 9.67 Å². The van der Waals surface area contributed by atoms with E-state index in [2.05, 4.69) is 103 Å². The zero-order valence-corrected chi connectivity index (χ0v) is 22.7. The van der Waals surface area contributed by atoms with Crippen molar-refractivity contribution in [3.8, 4) is 17.3 Å². The number of aromatic hydroxyl groups is 1. The van der Waals surface area contributed by atoms with Gasteiger partial charge in [0, 0.05) is 29.2 Å². The SMILES string of the molecule is Cc1c(O)[n+](-c2c(C(C)C)cccc2C(C)C)cn1-c1c(C(C)C)cccc1C(C)C.[Br-]. The first-order chi connectivity index (χ1) is 14.6. The van der Waals surface area contributed by atoms with Crippen molar-refractivity contribution in [3.63, 3.8) is 0 Å². The Morgan fingerprint density at radius 2 is 1.06 bits per heavy atom. The van der Waals surface area contributed by atoms with Gasteiger partial charge in [-0.1, -0.05) is 91.8 Å². The molecule has 0 aliphatic rings. The highest BCUT2D eigenvalue weighted by Gasteiger charge is 2.30. The third kappa shape index (κ3) is 4.66. The van der Waals surface area contributed by atoms with Crippen LogP contribution in [0.1, 0.15) is 107 Å². The number of halogens is 1. The normalized spacial score (nSPS) is 11.7. The average Bonchev–Trinajstić information content (AvgIpc) is 3.00. The Kier molecular flexibility index (Phi) is 8.38. The van der Waals surface area contributed by atoms with E-state index in [0.29, 0.717) is 29.6 Å². The van der Waals surface area contributed by atoms with Gasteiger partial charge in [0.2, 0.25) is 0 Å². The lowest BCUT2D eigenvalue weighted by molar-refractivity contribution is -0.604.